The highest BCUT2D eigenvalue weighted by Crippen LogP contribution is 2.09. The van der Waals surface area contributed by atoms with Gasteiger partial charge in [-0.05, 0) is 22.9 Å². The van der Waals surface area contributed by atoms with E-state index in [9.17, 15) is 0 Å². The maximum Gasteiger partial charge on any atom is 0.197 e. The summed E-state index contributed by atoms with van der Waals surface area (Å²) in [6, 6.07) is 0. The first kappa shape index (κ1) is 6.72. The summed E-state index contributed by atoms with van der Waals surface area (Å²) in [5.74, 6) is 0.832. The molecule has 0 spiro atoms. The van der Waals surface area contributed by atoms with Gasteiger partial charge in [-0.1, -0.05) is 0 Å². The smallest absolute Gasteiger partial charge is 0.197 e. The fraction of sp³-hybridized carbons (Fsp3) is 0.167. The summed E-state index contributed by atoms with van der Waals surface area (Å²) in [7, 11) is 0. The Morgan fingerprint density at radius 3 is 3.09 bits per heavy atom. The zero-order chi connectivity index (χ0) is 7.84. The number of fused-ring (bicyclic) bond motifs is 1. The van der Waals surface area contributed by atoms with Crippen molar-refractivity contribution >= 4 is 27.2 Å². The highest BCUT2D eigenvalue weighted by Gasteiger charge is 2.00. The van der Waals surface area contributed by atoms with E-state index < -0.39 is 0 Å². The van der Waals surface area contributed by atoms with E-state index in [2.05, 4.69) is 35.9 Å². The topological polar surface area (TPSA) is 54.5 Å². The van der Waals surface area contributed by atoms with E-state index in [1.54, 1.807) is 6.20 Å². The molecule has 1 N–H and O–H groups in total. The maximum atomic E-state index is 4.13. The Labute approximate surface area is 71.2 Å². The minimum Gasteiger partial charge on any atom is -0.325 e. The molecule has 0 radical (unpaired) electrons. The molecule has 0 atom stereocenters. The third-order valence-corrected chi connectivity index (χ3v) is 1.68. The quantitative estimate of drug-likeness (QED) is 0.719. The van der Waals surface area contributed by atoms with Crippen LogP contribution in [0.5, 0.6) is 0 Å². The fourth-order valence-electron chi connectivity index (χ4n) is 0.885. The number of aryl methyl sites for hydroxylation is 1. The summed E-state index contributed by atoms with van der Waals surface area (Å²) in [5, 5.41) is 0. The molecule has 0 amide bonds. The Bertz CT molecular complexity index is 394. The summed E-state index contributed by atoms with van der Waals surface area (Å²) in [4.78, 5) is 15.3. The Hall–Kier alpha value is -0.970. The summed E-state index contributed by atoms with van der Waals surface area (Å²) in [6.45, 7) is 1.87. The zero-order valence-electron chi connectivity index (χ0n) is 5.80. The number of nitrogens with one attached hydrogen (secondary N) is 1. The highest BCUT2D eigenvalue weighted by atomic mass is 79.9. The first-order chi connectivity index (χ1) is 5.25. The first-order valence-corrected chi connectivity index (χ1v) is 3.90. The molecule has 5 heteroatoms. The number of nitrogens with zero attached hydrogens (tertiary/aromatic N) is 3. The number of aromatic nitrogens is 4. The maximum absolute atomic E-state index is 4.13. The van der Waals surface area contributed by atoms with E-state index in [4.69, 9.17) is 0 Å². The third kappa shape index (κ3) is 1.11. The van der Waals surface area contributed by atoms with Gasteiger partial charge in [0.25, 0.3) is 0 Å². The van der Waals surface area contributed by atoms with Gasteiger partial charge in [0.2, 0.25) is 0 Å². The molecule has 2 rings (SSSR count). The number of rotatable bonds is 0. The Morgan fingerprint density at radius 1 is 1.45 bits per heavy atom. The molecule has 0 bridgehead atoms. The minimum atomic E-state index is 0.658. The Balaban J connectivity index is 2.82. The van der Waals surface area contributed by atoms with Gasteiger partial charge in [-0.3, -0.25) is 0 Å². The van der Waals surface area contributed by atoms with Crippen molar-refractivity contribution in [2.24, 2.45) is 0 Å². The van der Waals surface area contributed by atoms with Gasteiger partial charge in [-0.2, -0.15) is 0 Å². The van der Waals surface area contributed by atoms with E-state index in [0.717, 1.165) is 11.5 Å². The number of aromatic amines is 1. The molecule has 0 unspecified atom stereocenters. The molecule has 0 aliphatic heterocycles. The van der Waals surface area contributed by atoms with Gasteiger partial charge < -0.3 is 4.98 Å². The van der Waals surface area contributed by atoms with Gasteiger partial charge in [0.05, 0.1) is 6.20 Å². The SMILES string of the molecule is Cc1nc2ncc(Br)nc2[nH]1. The molecule has 4 nitrogen and oxygen atoms in total. The second-order valence-corrected chi connectivity index (χ2v) is 3.00. The molecule has 56 valence electrons. The van der Waals surface area contributed by atoms with Crippen LogP contribution in [-0.2, 0) is 0 Å². The van der Waals surface area contributed by atoms with Crippen LogP contribution in [0.15, 0.2) is 10.8 Å². The molecule has 0 aliphatic rings. The summed E-state index contributed by atoms with van der Waals surface area (Å²) in [5.41, 5.74) is 1.38. The predicted molar refractivity (Wildman–Crippen MR) is 44.1 cm³/mol. The van der Waals surface area contributed by atoms with Crippen LogP contribution in [0.2, 0.25) is 0 Å². The van der Waals surface area contributed by atoms with E-state index in [1.165, 1.54) is 0 Å². The van der Waals surface area contributed by atoms with Gasteiger partial charge >= 0.3 is 0 Å². The lowest BCUT2D eigenvalue weighted by atomic mass is 10.7. The lowest BCUT2D eigenvalue weighted by Crippen LogP contribution is -1.81. The fourth-order valence-corrected chi connectivity index (χ4v) is 1.16. The van der Waals surface area contributed by atoms with Crippen LogP contribution in [0.3, 0.4) is 0 Å². The largest absolute Gasteiger partial charge is 0.325 e. The van der Waals surface area contributed by atoms with Gasteiger partial charge in [-0.25, -0.2) is 15.0 Å². The molecule has 2 aromatic heterocycles. The van der Waals surface area contributed by atoms with Gasteiger partial charge in [0.15, 0.2) is 11.3 Å². The molecule has 0 aromatic carbocycles. The normalized spacial score (nSPS) is 10.7. The minimum absolute atomic E-state index is 0.658. The van der Waals surface area contributed by atoms with Crippen molar-refractivity contribution in [2.45, 2.75) is 6.92 Å². The van der Waals surface area contributed by atoms with E-state index in [0.29, 0.717) is 10.3 Å². The predicted octanol–water partition coefficient (Wildman–Crippen LogP) is 1.42. The molecule has 2 heterocycles. The van der Waals surface area contributed by atoms with E-state index in [1.807, 2.05) is 6.92 Å². The molecule has 0 saturated carbocycles. The van der Waals surface area contributed by atoms with E-state index in [-0.39, 0.29) is 0 Å². The van der Waals surface area contributed by atoms with Crippen LogP contribution in [-0.4, -0.2) is 19.9 Å². The van der Waals surface area contributed by atoms with Gasteiger partial charge in [0.1, 0.15) is 10.4 Å². The Morgan fingerprint density at radius 2 is 2.27 bits per heavy atom. The molecule has 0 saturated heterocycles. The average Bonchev–Trinajstić information content (AvgIpc) is 2.27. The third-order valence-electron chi connectivity index (χ3n) is 1.30. The van der Waals surface area contributed by atoms with Crippen LogP contribution >= 0.6 is 15.9 Å². The van der Waals surface area contributed by atoms with Crippen LogP contribution in [0.4, 0.5) is 0 Å². The zero-order valence-corrected chi connectivity index (χ0v) is 7.38. The van der Waals surface area contributed by atoms with Crippen molar-refractivity contribution in [1.29, 1.82) is 0 Å². The second kappa shape index (κ2) is 2.27. The summed E-state index contributed by atoms with van der Waals surface area (Å²) in [6.07, 6.45) is 1.63. The van der Waals surface area contributed by atoms with Crippen molar-refractivity contribution in [2.75, 3.05) is 0 Å². The molecule has 0 aliphatic carbocycles. The average molecular weight is 213 g/mol. The van der Waals surface area contributed by atoms with Crippen molar-refractivity contribution in [1.82, 2.24) is 19.9 Å². The van der Waals surface area contributed by atoms with Crippen molar-refractivity contribution in [3.05, 3.63) is 16.6 Å². The summed E-state index contributed by atoms with van der Waals surface area (Å²) >= 11 is 3.22. The first-order valence-electron chi connectivity index (χ1n) is 3.10. The number of hydrogen-bond donors (Lipinski definition) is 1. The van der Waals surface area contributed by atoms with Crippen molar-refractivity contribution < 1.29 is 0 Å². The van der Waals surface area contributed by atoms with Crippen LogP contribution in [0.25, 0.3) is 11.3 Å². The lowest BCUT2D eigenvalue weighted by molar-refractivity contribution is 1.16. The molecule has 0 fully saturated rings. The molecular formula is C6H5BrN4. The number of imidazole rings is 1. The number of halogens is 1. The monoisotopic (exact) mass is 212 g/mol. The molecular weight excluding hydrogens is 208 g/mol. The second-order valence-electron chi connectivity index (χ2n) is 2.19. The summed E-state index contributed by atoms with van der Waals surface area (Å²) < 4.78 is 0.716. The van der Waals surface area contributed by atoms with Gasteiger partial charge in [0, 0.05) is 0 Å². The van der Waals surface area contributed by atoms with Crippen LogP contribution in [0.1, 0.15) is 5.82 Å². The standard InChI is InChI=1S/C6H5BrN4/c1-3-9-5-6(10-3)11-4(7)2-8-5/h2H,1H3,(H,8,9,10,11). The van der Waals surface area contributed by atoms with Crippen molar-refractivity contribution in [3.63, 3.8) is 0 Å². The van der Waals surface area contributed by atoms with Crippen molar-refractivity contribution in [3.8, 4) is 0 Å². The van der Waals surface area contributed by atoms with E-state index >= 15 is 0 Å². The number of hydrogen-bond acceptors (Lipinski definition) is 3. The van der Waals surface area contributed by atoms with Gasteiger partial charge in [-0.15, -0.1) is 0 Å². The Kier molecular flexibility index (Phi) is 1.38. The lowest BCUT2D eigenvalue weighted by Gasteiger charge is -1.86. The number of H-pyrrole nitrogens is 1. The van der Waals surface area contributed by atoms with Crippen LogP contribution < -0.4 is 0 Å². The molecule has 2 aromatic rings. The van der Waals surface area contributed by atoms with Crippen LogP contribution in [0, 0.1) is 6.92 Å². The highest BCUT2D eigenvalue weighted by molar-refractivity contribution is 9.10. The molecule has 11 heavy (non-hydrogen) atoms.